The van der Waals surface area contributed by atoms with Gasteiger partial charge < -0.3 is 15.3 Å². The molecule has 0 aliphatic rings. The Morgan fingerprint density at radius 3 is 2.38 bits per heavy atom. The van der Waals surface area contributed by atoms with E-state index < -0.39 is 11.7 Å². The van der Waals surface area contributed by atoms with Crippen LogP contribution in [0.5, 0.6) is 0 Å². The summed E-state index contributed by atoms with van der Waals surface area (Å²) in [6.07, 6.45) is -0.477. The molecule has 0 fully saturated rings. The van der Waals surface area contributed by atoms with Crippen LogP contribution in [0.4, 0.5) is 4.79 Å². The van der Waals surface area contributed by atoms with Crippen molar-refractivity contribution >= 4 is 6.09 Å². The largest absolute Gasteiger partial charge is 0.444 e. The van der Waals surface area contributed by atoms with Gasteiger partial charge in [-0.05, 0) is 40.2 Å². The number of rotatable bonds is 5. The maximum Gasteiger partial charge on any atom is 0.407 e. The lowest BCUT2D eigenvalue weighted by Gasteiger charge is -2.29. The van der Waals surface area contributed by atoms with Gasteiger partial charge in [0, 0.05) is 12.6 Å². The Bertz CT molecular complexity index is 443. The third-order valence-electron chi connectivity index (χ3n) is 3.13. The van der Waals surface area contributed by atoms with Crippen molar-refractivity contribution in [1.82, 2.24) is 10.4 Å². The molecule has 0 aliphatic heterocycles. The van der Waals surface area contributed by atoms with Gasteiger partial charge in [0.2, 0.25) is 0 Å². The highest BCUT2D eigenvalue weighted by Crippen LogP contribution is 2.10. The van der Waals surface area contributed by atoms with Crippen LogP contribution < -0.4 is 5.32 Å². The molecular weight excluding hydrogens is 268 g/mol. The van der Waals surface area contributed by atoms with Crippen LogP contribution in [0.15, 0.2) is 30.3 Å². The molecule has 0 aliphatic carbocycles. The SMILES string of the molecule is C[C@H](NC(=O)OC(C)(C)C)[C@H](C)N(O)Cc1ccccc1. The molecule has 2 atom stereocenters. The van der Waals surface area contributed by atoms with Crippen molar-refractivity contribution in [3.05, 3.63) is 35.9 Å². The van der Waals surface area contributed by atoms with E-state index in [4.69, 9.17) is 4.74 Å². The van der Waals surface area contributed by atoms with Crippen molar-refractivity contribution in [3.63, 3.8) is 0 Å². The zero-order valence-corrected chi connectivity index (χ0v) is 13.5. The lowest BCUT2D eigenvalue weighted by Crippen LogP contribution is -2.48. The van der Waals surface area contributed by atoms with E-state index in [1.807, 2.05) is 65.0 Å². The minimum Gasteiger partial charge on any atom is -0.444 e. The van der Waals surface area contributed by atoms with Crippen LogP contribution in [0.25, 0.3) is 0 Å². The minimum atomic E-state index is -0.532. The highest BCUT2D eigenvalue weighted by molar-refractivity contribution is 5.68. The minimum absolute atomic E-state index is 0.238. The molecule has 0 saturated heterocycles. The first-order valence-corrected chi connectivity index (χ1v) is 7.18. The van der Waals surface area contributed by atoms with Gasteiger partial charge >= 0.3 is 6.09 Å². The lowest BCUT2D eigenvalue weighted by molar-refractivity contribution is -0.136. The van der Waals surface area contributed by atoms with Gasteiger partial charge in [-0.25, -0.2) is 4.79 Å². The van der Waals surface area contributed by atoms with Gasteiger partial charge in [0.25, 0.3) is 0 Å². The van der Waals surface area contributed by atoms with E-state index in [1.165, 1.54) is 5.06 Å². The van der Waals surface area contributed by atoms with E-state index in [1.54, 1.807) is 0 Å². The van der Waals surface area contributed by atoms with Gasteiger partial charge in [0.1, 0.15) is 5.60 Å². The first-order chi connectivity index (χ1) is 9.69. The molecule has 1 aromatic rings. The fourth-order valence-corrected chi connectivity index (χ4v) is 1.79. The van der Waals surface area contributed by atoms with Crippen molar-refractivity contribution in [1.29, 1.82) is 0 Å². The van der Waals surface area contributed by atoms with Crippen LogP contribution >= 0.6 is 0 Å². The molecule has 0 unspecified atom stereocenters. The second kappa shape index (κ2) is 7.43. The molecule has 0 bridgehead atoms. The van der Waals surface area contributed by atoms with Crippen LogP contribution in [0.3, 0.4) is 0 Å². The van der Waals surface area contributed by atoms with E-state index in [2.05, 4.69) is 5.32 Å². The fourth-order valence-electron chi connectivity index (χ4n) is 1.79. The molecule has 2 N–H and O–H groups in total. The second-order valence-electron chi connectivity index (χ2n) is 6.26. The monoisotopic (exact) mass is 294 g/mol. The smallest absolute Gasteiger partial charge is 0.407 e. The molecule has 118 valence electrons. The number of hydroxylamine groups is 2. The first-order valence-electron chi connectivity index (χ1n) is 7.18. The zero-order valence-electron chi connectivity index (χ0n) is 13.5. The molecule has 0 saturated carbocycles. The number of benzene rings is 1. The van der Waals surface area contributed by atoms with E-state index in [0.29, 0.717) is 6.54 Å². The van der Waals surface area contributed by atoms with Crippen molar-refractivity contribution in [2.75, 3.05) is 0 Å². The van der Waals surface area contributed by atoms with Gasteiger partial charge in [-0.3, -0.25) is 0 Å². The molecular formula is C16H26N2O3. The Morgan fingerprint density at radius 1 is 1.29 bits per heavy atom. The highest BCUT2D eigenvalue weighted by Gasteiger charge is 2.23. The molecule has 21 heavy (non-hydrogen) atoms. The number of carbonyl (C=O) groups excluding carboxylic acids is 1. The van der Waals surface area contributed by atoms with Crippen molar-refractivity contribution in [3.8, 4) is 0 Å². The predicted molar refractivity (Wildman–Crippen MR) is 82.1 cm³/mol. The summed E-state index contributed by atoms with van der Waals surface area (Å²) in [5.74, 6) is 0. The fraction of sp³-hybridized carbons (Fsp3) is 0.562. The summed E-state index contributed by atoms with van der Waals surface area (Å²) in [6, 6.07) is 9.20. The van der Waals surface area contributed by atoms with Crippen molar-refractivity contribution < 1.29 is 14.7 Å². The Labute approximate surface area is 126 Å². The topological polar surface area (TPSA) is 61.8 Å². The molecule has 0 radical (unpaired) electrons. The zero-order chi connectivity index (χ0) is 16.0. The predicted octanol–water partition coefficient (Wildman–Crippen LogP) is 3.18. The van der Waals surface area contributed by atoms with Crippen LogP contribution in [0, 0.1) is 0 Å². The van der Waals surface area contributed by atoms with Crippen molar-refractivity contribution in [2.24, 2.45) is 0 Å². The molecule has 5 nitrogen and oxygen atoms in total. The van der Waals surface area contributed by atoms with Crippen LogP contribution in [0.1, 0.15) is 40.2 Å². The van der Waals surface area contributed by atoms with Gasteiger partial charge in [-0.15, -0.1) is 0 Å². The maximum absolute atomic E-state index is 11.7. The van der Waals surface area contributed by atoms with E-state index >= 15 is 0 Å². The summed E-state index contributed by atoms with van der Waals surface area (Å²) in [5, 5.41) is 14.1. The quantitative estimate of drug-likeness (QED) is 0.819. The number of amides is 1. The van der Waals surface area contributed by atoms with Crippen molar-refractivity contribution in [2.45, 2.75) is 58.8 Å². The summed E-state index contributed by atoms with van der Waals surface area (Å²) in [4.78, 5) is 11.7. The third-order valence-corrected chi connectivity index (χ3v) is 3.13. The highest BCUT2D eigenvalue weighted by atomic mass is 16.6. The third kappa shape index (κ3) is 6.60. The molecule has 0 spiro atoms. The average molecular weight is 294 g/mol. The van der Waals surface area contributed by atoms with E-state index in [0.717, 1.165) is 5.56 Å². The van der Waals surface area contributed by atoms with Gasteiger partial charge in [0.05, 0.1) is 6.04 Å². The Morgan fingerprint density at radius 2 is 1.86 bits per heavy atom. The van der Waals surface area contributed by atoms with Gasteiger partial charge in [-0.2, -0.15) is 5.06 Å². The van der Waals surface area contributed by atoms with Gasteiger partial charge in [-0.1, -0.05) is 30.3 Å². The molecule has 1 amide bonds. The Hall–Kier alpha value is -1.59. The number of nitrogens with one attached hydrogen (secondary N) is 1. The van der Waals surface area contributed by atoms with E-state index in [9.17, 15) is 10.0 Å². The van der Waals surface area contributed by atoms with Crippen LogP contribution in [-0.2, 0) is 11.3 Å². The van der Waals surface area contributed by atoms with E-state index in [-0.39, 0.29) is 12.1 Å². The summed E-state index contributed by atoms with van der Waals surface area (Å²) < 4.78 is 5.21. The summed E-state index contributed by atoms with van der Waals surface area (Å²) in [6.45, 7) is 9.54. The lowest BCUT2D eigenvalue weighted by atomic mass is 10.1. The molecule has 0 aromatic heterocycles. The number of hydrogen-bond donors (Lipinski definition) is 2. The second-order valence-corrected chi connectivity index (χ2v) is 6.26. The summed E-state index contributed by atoms with van der Waals surface area (Å²) in [5.41, 5.74) is 0.479. The normalized spacial score (nSPS) is 14.6. The Kier molecular flexibility index (Phi) is 6.18. The van der Waals surface area contributed by atoms with Crippen LogP contribution in [-0.4, -0.2) is 34.0 Å². The molecule has 1 aromatic carbocycles. The first kappa shape index (κ1) is 17.5. The van der Waals surface area contributed by atoms with Gasteiger partial charge in [0.15, 0.2) is 0 Å². The standard InChI is InChI=1S/C16H26N2O3/c1-12(17-15(19)21-16(3,4)5)13(2)18(20)11-14-9-7-6-8-10-14/h6-10,12-13,20H,11H2,1-5H3,(H,17,19)/t12-,13-/m0/s1. The Balaban J connectivity index is 2.49. The summed E-state index contributed by atoms with van der Waals surface area (Å²) in [7, 11) is 0. The number of hydrogen-bond acceptors (Lipinski definition) is 4. The van der Waals surface area contributed by atoms with Crippen LogP contribution in [0.2, 0.25) is 0 Å². The number of nitrogens with zero attached hydrogens (tertiary/aromatic N) is 1. The maximum atomic E-state index is 11.7. The summed E-state index contributed by atoms with van der Waals surface area (Å²) >= 11 is 0. The molecule has 0 heterocycles. The number of ether oxygens (including phenoxy) is 1. The average Bonchev–Trinajstić information content (AvgIpc) is 2.36. The number of alkyl carbamates (subject to hydrolysis) is 1. The molecule has 5 heteroatoms. The molecule has 1 rings (SSSR count). The number of carbonyl (C=O) groups is 1.